The van der Waals surface area contributed by atoms with Crippen molar-refractivity contribution in [1.82, 2.24) is 15.2 Å². The molecule has 2 N–H and O–H groups in total. The van der Waals surface area contributed by atoms with Gasteiger partial charge in [-0.1, -0.05) is 30.3 Å². The molecule has 0 spiro atoms. The summed E-state index contributed by atoms with van der Waals surface area (Å²) >= 11 is 1.59. The molecule has 1 saturated heterocycles. The smallest absolute Gasteiger partial charge is 0.254 e. The molecule has 0 bridgehead atoms. The zero-order valence-corrected chi connectivity index (χ0v) is 22.4. The molecule has 1 fully saturated rings. The molecule has 10 heteroatoms. The number of thiazole rings is 1. The summed E-state index contributed by atoms with van der Waals surface area (Å²) in [5.41, 5.74) is 5.23. The first-order valence-corrected chi connectivity index (χ1v) is 13.4. The van der Waals surface area contributed by atoms with E-state index in [1.807, 2.05) is 36.7 Å². The molecule has 2 heterocycles. The quantitative estimate of drug-likeness (QED) is 0.341. The molecular weight excluding hydrogens is 506 g/mol. The number of hydrogen-bond donors (Lipinski definition) is 2. The predicted octanol–water partition coefficient (Wildman–Crippen LogP) is 3.05. The number of likely N-dealkylation sites (tertiary alicyclic amines) is 1. The number of aryl methyl sites for hydroxylation is 1. The average molecular weight is 540 g/mol. The van der Waals surface area contributed by atoms with Crippen LogP contribution in [0.15, 0.2) is 54.0 Å². The number of amides is 2. The molecule has 3 aromatic rings. The Bertz CT molecular complexity index is 1220. The summed E-state index contributed by atoms with van der Waals surface area (Å²) in [5, 5.41) is 13.2. The van der Waals surface area contributed by atoms with E-state index >= 15 is 0 Å². The molecule has 1 aliphatic rings. The van der Waals surface area contributed by atoms with Gasteiger partial charge in [-0.05, 0) is 36.2 Å². The SMILES string of the molecule is COCCOCCOc1cccc(C(=O)N2CC(O)CC2C(=O)NCc2ccc(-c3scnc3C)cc2)c1. The Labute approximate surface area is 226 Å². The van der Waals surface area contributed by atoms with Gasteiger partial charge in [0.05, 0.1) is 42.0 Å². The topological polar surface area (TPSA) is 110 Å². The van der Waals surface area contributed by atoms with Gasteiger partial charge in [0.25, 0.3) is 5.91 Å². The summed E-state index contributed by atoms with van der Waals surface area (Å²) in [7, 11) is 1.61. The number of carbonyl (C=O) groups is 2. The molecule has 1 aliphatic heterocycles. The summed E-state index contributed by atoms with van der Waals surface area (Å²) in [5.74, 6) is -0.0884. The van der Waals surface area contributed by atoms with Gasteiger partial charge in [-0.15, -0.1) is 11.3 Å². The number of aliphatic hydroxyl groups is 1. The van der Waals surface area contributed by atoms with Gasteiger partial charge in [-0.25, -0.2) is 4.98 Å². The van der Waals surface area contributed by atoms with E-state index in [2.05, 4.69) is 10.3 Å². The highest BCUT2D eigenvalue weighted by atomic mass is 32.1. The average Bonchev–Trinajstić information content (AvgIpc) is 3.54. The minimum atomic E-state index is -0.764. The van der Waals surface area contributed by atoms with Crippen molar-refractivity contribution in [3.05, 3.63) is 70.9 Å². The summed E-state index contributed by atoms with van der Waals surface area (Å²) in [6.45, 7) is 4.13. The fourth-order valence-corrected chi connectivity index (χ4v) is 5.11. The number of rotatable bonds is 12. The molecule has 0 saturated carbocycles. The Kier molecular flexibility index (Phi) is 9.83. The van der Waals surface area contributed by atoms with Crippen LogP contribution < -0.4 is 10.1 Å². The number of aromatic nitrogens is 1. The van der Waals surface area contributed by atoms with Gasteiger partial charge < -0.3 is 29.5 Å². The van der Waals surface area contributed by atoms with Crippen molar-refractivity contribution in [3.63, 3.8) is 0 Å². The van der Waals surface area contributed by atoms with Crippen molar-refractivity contribution in [2.75, 3.05) is 40.1 Å². The zero-order chi connectivity index (χ0) is 26.9. The second-order valence-corrected chi connectivity index (χ2v) is 9.88. The first-order chi connectivity index (χ1) is 18.5. The Morgan fingerprint density at radius 1 is 1.13 bits per heavy atom. The number of nitrogens with zero attached hydrogens (tertiary/aromatic N) is 2. The van der Waals surface area contributed by atoms with Crippen LogP contribution in [0.3, 0.4) is 0 Å². The van der Waals surface area contributed by atoms with Crippen LogP contribution in [0.1, 0.15) is 28.0 Å². The van der Waals surface area contributed by atoms with Gasteiger partial charge in [-0.3, -0.25) is 9.59 Å². The summed E-state index contributed by atoms with van der Waals surface area (Å²) in [6.07, 6.45) is -0.573. The Morgan fingerprint density at radius 3 is 2.66 bits per heavy atom. The van der Waals surface area contributed by atoms with E-state index in [1.165, 1.54) is 4.90 Å². The van der Waals surface area contributed by atoms with E-state index in [9.17, 15) is 14.7 Å². The molecule has 0 aliphatic carbocycles. The van der Waals surface area contributed by atoms with Gasteiger partial charge in [0, 0.05) is 32.2 Å². The Balaban J connectivity index is 1.33. The summed E-state index contributed by atoms with van der Waals surface area (Å²) in [6, 6.07) is 14.0. The van der Waals surface area contributed by atoms with E-state index in [0.29, 0.717) is 44.3 Å². The lowest BCUT2D eigenvalue weighted by atomic mass is 10.1. The Hall–Kier alpha value is -3.31. The maximum absolute atomic E-state index is 13.3. The monoisotopic (exact) mass is 539 g/mol. The molecule has 2 atom stereocenters. The molecule has 0 radical (unpaired) electrons. The highest BCUT2D eigenvalue weighted by Crippen LogP contribution is 2.27. The van der Waals surface area contributed by atoms with Gasteiger partial charge >= 0.3 is 0 Å². The molecule has 202 valence electrons. The fourth-order valence-electron chi connectivity index (χ4n) is 4.29. The normalized spacial score (nSPS) is 17.0. The molecule has 1 aromatic heterocycles. The predicted molar refractivity (Wildman–Crippen MR) is 144 cm³/mol. The number of methoxy groups -OCH3 is 1. The lowest BCUT2D eigenvalue weighted by Crippen LogP contribution is -2.45. The maximum Gasteiger partial charge on any atom is 0.254 e. The van der Waals surface area contributed by atoms with Crippen LogP contribution in [0.2, 0.25) is 0 Å². The first-order valence-electron chi connectivity index (χ1n) is 12.5. The molecule has 2 amide bonds. The number of nitrogens with one attached hydrogen (secondary N) is 1. The van der Waals surface area contributed by atoms with E-state index < -0.39 is 12.1 Å². The molecule has 2 aromatic carbocycles. The van der Waals surface area contributed by atoms with E-state index in [4.69, 9.17) is 14.2 Å². The number of aliphatic hydroxyl groups excluding tert-OH is 1. The van der Waals surface area contributed by atoms with Crippen LogP contribution >= 0.6 is 11.3 Å². The molecular formula is C28H33N3O6S. The fraction of sp³-hybridized carbons (Fsp3) is 0.393. The van der Waals surface area contributed by atoms with Crippen LogP contribution in [-0.4, -0.2) is 79.0 Å². The van der Waals surface area contributed by atoms with Crippen molar-refractivity contribution in [2.24, 2.45) is 0 Å². The van der Waals surface area contributed by atoms with Crippen LogP contribution in [0, 0.1) is 6.92 Å². The van der Waals surface area contributed by atoms with Gasteiger partial charge in [0.15, 0.2) is 0 Å². The third-order valence-electron chi connectivity index (χ3n) is 6.28. The minimum Gasteiger partial charge on any atom is -0.491 e. The number of β-amino-alcohol motifs (C(OH)–C–C–N with tert-alkyl or cyclic N) is 1. The first kappa shape index (κ1) is 27.7. The third kappa shape index (κ3) is 7.16. The van der Waals surface area contributed by atoms with Crippen molar-refractivity contribution < 1.29 is 28.9 Å². The lowest BCUT2D eigenvalue weighted by molar-refractivity contribution is -0.125. The highest BCUT2D eigenvalue weighted by Gasteiger charge is 2.39. The lowest BCUT2D eigenvalue weighted by Gasteiger charge is -2.24. The van der Waals surface area contributed by atoms with Crippen LogP contribution in [0.5, 0.6) is 5.75 Å². The molecule has 38 heavy (non-hydrogen) atoms. The van der Waals surface area contributed by atoms with Crippen molar-refractivity contribution in [3.8, 4) is 16.2 Å². The Morgan fingerprint density at radius 2 is 1.92 bits per heavy atom. The molecule has 9 nitrogen and oxygen atoms in total. The second-order valence-electron chi connectivity index (χ2n) is 9.03. The summed E-state index contributed by atoms with van der Waals surface area (Å²) in [4.78, 5) is 33.2. The largest absolute Gasteiger partial charge is 0.491 e. The van der Waals surface area contributed by atoms with Crippen LogP contribution in [-0.2, 0) is 20.8 Å². The number of hydrogen-bond acceptors (Lipinski definition) is 8. The van der Waals surface area contributed by atoms with Crippen molar-refractivity contribution >= 4 is 23.2 Å². The van der Waals surface area contributed by atoms with Crippen molar-refractivity contribution in [2.45, 2.75) is 32.0 Å². The third-order valence-corrected chi connectivity index (χ3v) is 7.26. The van der Waals surface area contributed by atoms with Crippen molar-refractivity contribution in [1.29, 1.82) is 0 Å². The van der Waals surface area contributed by atoms with Crippen LogP contribution in [0.4, 0.5) is 0 Å². The maximum atomic E-state index is 13.3. The van der Waals surface area contributed by atoms with Crippen LogP contribution in [0.25, 0.3) is 10.4 Å². The minimum absolute atomic E-state index is 0.0955. The van der Waals surface area contributed by atoms with Gasteiger partial charge in [-0.2, -0.15) is 0 Å². The second kappa shape index (κ2) is 13.5. The molecule has 2 unspecified atom stereocenters. The highest BCUT2D eigenvalue weighted by molar-refractivity contribution is 7.13. The van der Waals surface area contributed by atoms with Gasteiger partial charge in [0.1, 0.15) is 18.4 Å². The zero-order valence-electron chi connectivity index (χ0n) is 21.6. The van der Waals surface area contributed by atoms with E-state index in [1.54, 1.807) is 42.7 Å². The summed E-state index contributed by atoms with van der Waals surface area (Å²) < 4.78 is 16.0. The standard InChI is InChI=1S/C28H33N3O6S/c1-19-26(38-18-30-19)21-8-6-20(7-9-21)16-29-27(33)25-15-23(32)17-31(25)28(34)22-4-3-5-24(14-22)37-13-12-36-11-10-35-2/h3-9,14,18,23,25,32H,10-13,15-17H2,1-2H3,(H,29,33). The van der Waals surface area contributed by atoms with E-state index in [-0.39, 0.29) is 24.8 Å². The molecule has 4 rings (SSSR count). The van der Waals surface area contributed by atoms with Gasteiger partial charge in [0.2, 0.25) is 5.91 Å². The van der Waals surface area contributed by atoms with E-state index in [0.717, 1.165) is 21.7 Å². The number of ether oxygens (including phenoxy) is 3. The number of carbonyl (C=O) groups excluding carboxylic acids is 2. The number of benzene rings is 2.